The first-order valence-electron chi connectivity index (χ1n) is 13.7. The van der Waals surface area contributed by atoms with Gasteiger partial charge in [-0.05, 0) is 83.6 Å². The topological polar surface area (TPSA) is 63.5 Å². The third-order valence-corrected chi connectivity index (χ3v) is 8.45. The van der Waals surface area contributed by atoms with Crippen molar-refractivity contribution in [3.63, 3.8) is 0 Å². The zero-order valence-electron chi connectivity index (χ0n) is 23.5. The lowest BCUT2D eigenvalue weighted by atomic mass is 9.83. The molecule has 0 spiro atoms. The molecule has 3 atom stereocenters. The summed E-state index contributed by atoms with van der Waals surface area (Å²) in [6, 6.07) is 24.8. The molecule has 0 radical (unpaired) electrons. The maximum atomic E-state index is 14.5. The van der Waals surface area contributed by atoms with Crippen molar-refractivity contribution < 1.29 is 9.53 Å². The van der Waals surface area contributed by atoms with Crippen LogP contribution in [0.4, 0.5) is 5.69 Å². The van der Waals surface area contributed by atoms with Crippen LogP contribution in [-0.2, 0) is 24.9 Å². The van der Waals surface area contributed by atoms with E-state index < -0.39 is 0 Å². The van der Waals surface area contributed by atoms with Crippen LogP contribution in [0, 0.1) is 12.8 Å². The van der Waals surface area contributed by atoms with Crippen LogP contribution < -0.4 is 9.64 Å². The van der Waals surface area contributed by atoms with Crippen LogP contribution in [0.2, 0.25) is 0 Å². The highest BCUT2D eigenvalue weighted by Gasteiger charge is 2.40. The van der Waals surface area contributed by atoms with Gasteiger partial charge in [-0.15, -0.1) is 5.10 Å². The standard InChI is InChI=1S/C32H36BrN5O2/c1-22-10-15-28(33)30(16-22)38(20-25-11-13-27(40-4)14-12-25)32(39)26-17-23(2)37(19-24-8-6-5-7-9-24)31(18-26)29-21-36(3)35-34-29/h5-16,21,23,26,31H,17-20H2,1-4H3. The van der Waals surface area contributed by atoms with Crippen molar-refractivity contribution in [2.75, 3.05) is 12.0 Å². The normalized spacial score (nSPS) is 19.4. The number of halogens is 1. The molecule has 3 aromatic carbocycles. The third kappa shape index (κ3) is 6.29. The predicted octanol–water partition coefficient (Wildman–Crippen LogP) is 6.47. The highest BCUT2D eigenvalue weighted by molar-refractivity contribution is 9.10. The van der Waals surface area contributed by atoms with Crippen molar-refractivity contribution in [3.05, 3.63) is 106 Å². The first-order valence-corrected chi connectivity index (χ1v) is 14.5. The second-order valence-corrected chi connectivity index (χ2v) is 11.6. The van der Waals surface area contributed by atoms with Crippen molar-refractivity contribution in [1.29, 1.82) is 0 Å². The fourth-order valence-electron chi connectivity index (χ4n) is 5.67. The van der Waals surface area contributed by atoms with Crippen molar-refractivity contribution in [3.8, 4) is 5.75 Å². The Kier molecular flexibility index (Phi) is 8.66. The summed E-state index contributed by atoms with van der Waals surface area (Å²) in [7, 11) is 3.55. The molecular formula is C32H36BrN5O2. The Morgan fingerprint density at radius 2 is 1.80 bits per heavy atom. The average molecular weight is 603 g/mol. The van der Waals surface area contributed by atoms with E-state index in [1.165, 1.54) is 5.56 Å². The highest BCUT2D eigenvalue weighted by Crippen LogP contribution is 2.40. The summed E-state index contributed by atoms with van der Waals surface area (Å²) in [5.74, 6) is 0.756. The number of carbonyl (C=O) groups excluding carboxylic acids is 1. The number of likely N-dealkylation sites (tertiary alicyclic amines) is 1. The Morgan fingerprint density at radius 3 is 2.48 bits per heavy atom. The Labute approximate surface area is 244 Å². The summed E-state index contributed by atoms with van der Waals surface area (Å²) < 4.78 is 8.00. The summed E-state index contributed by atoms with van der Waals surface area (Å²) in [6.07, 6.45) is 3.43. The number of methoxy groups -OCH3 is 1. The van der Waals surface area contributed by atoms with E-state index in [1.54, 1.807) is 11.8 Å². The van der Waals surface area contributed by atoms with Crippen LogP contribution in [0.5, 0.6) is 5.75 Å². The van der Waals surface area contributed by atoms with Gasteiger partial charge in [0.2, 0.25) is 5.91 Å². The summed E-state index contributed by atoms with van der Waals surface area (Å²) in [5.41, 5.74) is 5.19. The Balaban J connectivity index is 1.47. The zero-order chi connectivity index (χ0) is 28.2. The summed E-state index contributed by atoms with van der Waals surface area (Å²) in [5, 5.41) is 8.73. The maximum Gasteiger partial charge on any atom is 0.230 e. The van der Waals surface area contributed by atoms with Crippen LogP contribution in [0.15, 0.2) is 83.5 Å². The van der Waals surface area contributed by atoms with Crippen molar-refractivity contribution >= 4 is 27.5 Å². The second kappa shape index (κ2) is 12.4. The first kappa shape index (κ1) is 28.1. The lowest BCUT2D eigenvalue weighted by Gasteiger charge is -2.44. The average Bonchev–Trinajstić information content (AvgIpc) is 3.40. The molecular weight excluding hydrogens is 566 g/mol. The van der Waals surface area contributed by atoms with E-state index in [9.17, 15) is 4.79 Å². The SMILES string of the molecule is COc1ccc(CN(C(=O)C2CC(C)N(Cc3ccccc3)C(c3cn(C)nn3)C2)c2cc(C)ccc2Br)cc1. The van der Waals surface area contributed by atoms with Gasteiger partial charge in [0.25, 0.3) is 0 Å². The van der Waals surface area contributed by atoms with E-state index in [-0.39, 0.29) is 23.9 Å². The number of carbonyl (C=O) groups is 1. The minimum atomic E-state index is -0.167. The third-order valence-electron chi connectivity index (χ3n) is 7.78. The molecule has 1 fully saturated rings. The number of aromatic nitrogens is 3. The van der Waals surface area contributed by atoms with Gasteiger partial charge < -0.3 is 9.64 Å². The molecule has 0 aliphatic carbocycles. The fraction of sp³-hybridized carbons (Fsp3) is 0.344. The molecule has 1 aliphatic heterocycles. The van der Waals surface area contributed by atoms with Crippen LogP contribution in [0.25, 0.3) is 0 Å². The van der Waals surface area contributed by atoms with Gasteiger partial charge in [0.05, 0.1) is 31.1 Å². The number of benzene rings is 3. The Bertz CT molecular complexity index is 1440. The van der Waals surface area contributed by atoms with Crippen molar-refractivity contribution in [2.45, 2.75) is 51.9 Å². The molecule has 1 aromatic heterocycles. The molecule has 3 unspecified atom stereocenters. The van der Waals surface area contributed by atoms with Gasteiger partial charge in [-0.1, -0.05) is 53.7 Å². The molecule has 208 valence electrons. The molecule has 8 heteroatoms. The van der Waals surface area contributed by atoms with Crippen LogP contribution in [-0.4, -0.2) is 39.0 Å². The maximum absolute atomic E-state index is 14.5. The molecule has 40 heavy (non-hydrogen) atoms. The van der Waals surface area contributed by atoms with E-state index in [0.717, 1.165) is 45.7 Å². The predicted molar refractivity (Wildman–Crippen MR) is 161 cm³/mol. The summed E-state index contributed by atoms with van der Waals surface area (Å²) >= 11 is 3.73. The fourth-order valence-corrected chi connectivity index (χ4v) is 6.13. The number of piperidine rings is 1. The van der Waals surface area contributed by atoms with Crippen molar-refractivity contribution in [2.24, 2.45) is 13.0 Å². The van der Waals surface area contributed by atoms with Crippen molar-refractivity contribution in [1.82, 2.24) is 19.9 Å². The van der Waals surface area contributed by atoms with E-state index in [2.05, 4.69) is 81.4 Å². The highest BCUT2D eigenvalue weighted by atomic mass is 79.9. The first-order chi connectivity index (χ1) is 19.3. The lowest BCUT2D eigenvalue weighted by molar-refractivity contribution is -0.126. The van der Waals surface area contributed by atoms with Crippen LogP contribution >= 0.6 is 15.9 Å². The number of aryl methyl sites for hydroxylation is 2. The van der Waals surface area contributed by atoms with E-state index >= 15 is 0 Å². The molecule has 0 bridgehead atoms. The summed E-state index contributed by atoms with van der Waals surface area (Å²) in [6.45, 7) is 5.55. The Morgan fingerprint density at radius 1 is 1.05 bits per heavy atom. The monoisotopic (exact) mass is 601 g/mol. The van der Waals surface area contributed by atoms with Gasteiger partial charge in [-0.2, -0.15) is 0 Å². The van der Waals surface area contributed by atoms with Gasteiger partial charge >= 0.3 is 0 Å². The largest absolute Gasteiger partial charge is 0.497 e. The number of ether oxygens (including phenoxy) is 1. The number of hydrogen-bond acceptors (Lipinski definition) is 5. The second-order valence-electron chi connectivity index (χ2n) is 10.7. The molecule has 7 nitrogen and oxygen atoms in total. The zero-order valence-corrected chi connectivity index (χ0v) is 25.1. The van der Waals surface area contributed by atoms with E-state index in [4.69, 9.17) is 4.74 Å². The lowest BCUT2D eigenvalue weighted by Crippen LogP contribution is -2.47. The molecule has 1 aliphatic rings. The van der Waals surface area contributed by atoms with Crippen LogP contribution in [0.1, 0.15) is 48.2 Å². The van der Waals surface area contributed by atoms with E-state index in [0.29, 0.717) is 13.0 Å². The van der Waals surface area contributed by atoms with Gasteiger partial charge in [0.1, 0.15) is 5.75 Å². The van der Waals surface area contributed by atoms with Crippen LogP contribution in [0.3, 0.4) is 0 Å². The molecule has 5 rings (SSSR count). The number of amides is 1. The molecule has 0 saturated carbocycles. The quantitative estimate of drug-likeness (QED) is 0.231. The number of rotatable bonds is 8. The summed E-state index contributed by atoms with van der Waals surface area (Å²) in [4.78, 5) is 18.9. The molecule has 4 aromatic rings. The number of hydrogen-bond donors (Lipinski definition) is 0. The molecule has 1 saturated heterocycles. The Hall–Kier alpha value is -3.49. The molecule has 1 amide bonds. The smallest absolute Gasteiger partial charge is 0.230 e. The number of nitrogens with zero attached hydrogens (tertiary/aromatic N) is 5. The molecule has 2 heterocycles. The van der Waals surface area contributed by atoms with E-state index in [1.807, 2.05) is 54.5 Å². The van der Waals surface area contributed by atoms with Gasteiger partial charge in [-0.25, -0.2) is 0 Å². The van der Waals surface area contributed by atoms with Gasteiger partial charge in [0, 0.05) is 36.2 Å². The van der Waals surface area contributed by atoms with Gasteiger partial charge in [-0.3, -0.25) is 14.4 Å². The number of anilines is 1. The molecule has 0 N–H and O–H groups in total. The minimum absolute atomic E-state index is 0.0182. The van der Waals surface area contributed by atoms with Gasteiger partial charge in [0.15, 0.2) is 0 Å². The minimum Gasteiger partial charge on any atom is -0.497 e.